The van der Waals surface area contributed by atoms with Crippen molar-refractivity contribution >= 4 is 0 Å². The van der Waals surface area contributed by atoms with Crippen molar-refractivity contribution in [1.82, 2.24) is 0 Å². The minimum absolute atomic E-state index is 1.24. The monoisotopic (exact) mass is 1800 g/mol. The molecule has 22 aromatic carbocycles. The lowest BCUT2D eigenvalue weighted by molar-refractivity contribution is 1.45. The molecule has 0 aromatic heterocycles. The highest BCUT2D eigenvalue weighted by Gasteiger charge is 2.13. The normalized spacial score (nSPS) is 10.3. The Bertz CT molecular complexity index is 7380. The Kier molecular flexibility index (Phi) is 35.5. The summed E-state index contributed by atoms with van der Waals surface area (Å²) >= 11 is 0. The van der Waals surface area contributed by atoms with Crippen molar-refractivity contribution in [3.8, 4) is 156 Å². The Morgan fingerprint density at radius 1 is 0.0786 bits per heavy atom. The lowest BCUT2D eigenvalue weighted by atomic mass is 9.93. The predicted molar refractivity (Wildman–Crippen MR) is 606 cm³/mol. The van der Waals surface area contributed by atoms with E-state index in [2.05, 4.69) is 613 Å². The van der Waals surface area contributed by atoms with Crippen LogP contribution in [0, 0.1) is 55.4 Å². The smallest absolute Gasteiger partial charge is 0.0103 e. The van der Waals surface area contributed by atoms with E-state index in [1.165, 1.54) is 200 Å². The fraction of sp³-hybridized carbons (Fsp3) is 0.0571. The second-order valence-corrected chi connectivity index (χ2v) is 35.2. The van der Waals surface area contributed by atoms with Crippen molar-refractivity contribution in [2.24, 2.45) is 0 Å². The molecule has 140 heavy (non-hydrogen) atoms. The molecule has 0 heterocycles. The van der Waals surface area contributed by atoms with Crippen molar-refractivity contribution in [1.29, 1.82) is 0 Å². The van der Waals surface area contributed by atoms with Crippen LogP contribution in [0.25, 0.3) is 156 Å². The van der Waals surface area contributed by atoms with Crippen LogP contribution >= 0.6 is 0 Å². The molecule has 0 saturated heterocycles. The third kappa shape index (κ3) is 28.7. The zero-order chi connectivity index (χ0) is 96.7. The molecule has 0 aliphatic heterocycles. The van der Waals surface area contributed by atoms with Gasteiger partial charge in [0.2, 0.25) is 0 Å². The quantitative estimate of drug-likeness (QED) is 0.102. The lowest BCUT2D eigenvalue weighted by Gasteiger charge is -2.11. The number of rotatable bonds is 14. The lowest BCUT2D eigenvalue weighted by Crippen LogP contribution is -1.86. The van der Waals surface area contributed by atoms with Crippen LogP contribution in [0.1, 0.15) is 44.5 Å². The summed E-state index contributed by atoms with van der Waals surface area (Å²) in [6.45, 7) is 17.1. The highest BCUT2D eigenvalue weighted by atomic mass is 14.2. The molecular weight excluding hydrogens is 1680 g/mol. The first-order valence-corrected chi connectivity index (χ1v) is 48.3. The zero-order valence-corrected chi connectivity index (χ0v) is 81.4. The van der Waals surface area contributed by atoms with Crippen LogP contribution in [0.2, 0.25) is 0 Å². The molecule has 0 unspecified atom stereocenters. The first-order valence-electron chi connectivity index (χ1n) is 48.3. The molecule has 0 amide bonds. The maximum Gasteiger partial charge on any atom is -0.0103 e. The largest absolute Gasteiger partial charge is 0.0622 e. The highest BCUT2D eigenvalue weighted by molar-refractivity contribution is 5.86. The van der Waals surface area contributed by atoms with E-state index >= 15 is 0 Å². The van der Waals surface area contributed by atoms with Gasteiger partial charge in [0.1, 0.15) is 0 Å². The standard InChI is InChI=1S/C25H20.4C19H16.3C13H12/c1-19-9-8-14-22(15-19)25-17-23(20-10-4-2-5-11-20)16-24(18-25)21-12-6-3-7-13-21;1-15-12-18(16-8-4-2-5-9-16)14-19(13-15)17-10-6-3-7-11-17;1-15-12-13-18(16-8-4-2-5-9-16)14-19(15)17-10-6-3-7-11-17;1-15-12-13-18(16-8-4-2-5-9-16)19(14-15)17-10-6-3-7-11-17;1-15-7-5-10-17(13-15)19-12-6-11-18(14-19)16-8-3-2-4-9-16;1-11-7-5-6-10-13(11)12-8-3-2-4-9-12;1-11-6-5-9-13(10-11)12-7-3-2-4-8-12;1-11-7-9-13(10-8-11)12-5-3-2-4-6-12/h2-18H,1H3;4*2-14H,1H3;3*2-10H,1H3. The Labute approximate surface area is 832 Å². The minimum Gasteiger partial charge on any atom is -0.0622 e. The van der Waals surface area contributed by atoms with E-state index in [1.54, 1.807) is 0 Å². The molecule has 0 heteroatoms. The van der Waals surface area contributed by atoms with Crippen molar-refractivity contribution < 1.29 is 0 Å². The summed E-state index contributed by atoms with van der Waals surface area (Å²) < 4.78 is 0. The fourth-order valence-corrected chi connectivity index (χ4v) is 17.0. The average molecular weight is 1800 g/mol. The first-order chi connectivity index (χ1) is 68.7. The van der Waals surface area contributed by atoms with Gasteiger partial charge in [-0.25, -0.2) is 0 Å². The zero-order valence-electron chi connectivity index (χ0n) is 81.4. The molecule has 0 radical (unpaired) electrons. The maximum absolute atomic E-state index is 2.29. The molecule has 0 nitrogen and oxygen atoms in total. The summed E-state index contributed by atoms with van der Waals surface area (Å²) in [5.74, 6) is 0. The molecule has 0 atom stereocenters. The van der Waals surface area contributed by atoms with E-state index in [4.69, 9.17) is 0 Å². The van der Waals surface area contributed by atoms with Gasteiger partial charge in [-0.15, -0.1) is 0 Å². The van der Waals surface area contributed by atoms with Gasteiger partial charge in [-0.05, 0) is 264 Å². The van der Waals surface area contributed by atoms with E-state index in [1.807, 2.05) is 24.3 Å². The van der Waals surface area contributed by atoms with Gasteiger partial charge < -0.3 is 0 Å². The van der Waals surface area contributed by atoms with Gasteiger partial charge in [0, 0.05) is 0 Å². The third-order valence-electron chi connectivity index (χ3n) is 24.4. The summed E-state index contributed by atoms with van der Waals surface area (Å²) in [5.41, 5.74) is 46.1. The summed E-state index contributed by atoms with van der Waals surface area (Å²) in [7, 11) is 0. The van der Waals surface area contributed by atoms with E-state index in [0.717, 1.165) is 0 Å². The van der Waals surface area contributed by atoms with Crippen LogP contribution < -0.4 is 0 Å². The summed E-state index contributed by atoms with van der Waals surface area (Å²) in [4.78, 5) is 0. The molecule has 0 saturated carbocycles. The molecule has 0 bridgehead atoms. The fourth-order valence-electron chi connectivity index (χ4n) is 17.0. The van der Waals surface area contributed by atoms with Crippen LogP contribution in [0.5, 0.6) is 0 Å². The topological polar surface area (TPSA) is 0 Å². The van der Waals surface area contributed by atoms with Gasteiger partial charge in [0.25, 0.3) is 0 Å². The number of aryl methyl sites for hydroxylation is 8. The van der Waals surface area contributed by atoms with Gasteiger partial charge >= 0.3 is 0 Å². The van der Waals surface area contributed by atoms with Crippen LogP contribution in [0.3, 0.4) is 0 Å². The summed E-state index contributed by atoms with van der Waals surface area (Å²) in [6.07, 6.45) is 0. The first kappa shape index (κ1) is 97.4. The van der Waals surface area contributed by atoms with Crippen LogP contribution in [-0.2, 0) is 0 Å². The molecule has 0 fully saturated rings. The number of hydrogen-bond acceptors (Lipinski definition) is 0. The van der Waals surface area contributed by atoms with Crippen LogP contribution in [-0.4, -0.2) is 0 Å². The Morgan fingerprint density at radius 3 is 0.621 bits per heavy atom. The van der Waals surface area contributed by atoms with E-state index in [0.29, 0.717) is 0 Å². The number of hydrogen-bond donors (Lipinski definition) is 0. The molecule has 0 spiro atoms. The van der Waals surface area contributed by atoms with Crippen molar-refractivity contribution in [2.45, 2.75) is 55.4 Å². The third-order valence-corrected chi connectivity index (χ3v) is 24.4. The Hall–Kier alpha value is -17.2. The molecule has 680 valence electrons. The molecule has 22 aromatic rings. The van der Waals surface area contributed by atoms with Gasteiger partial charge in [0.05, 0.1) is 0 Å². The van der Waals surface area contributed by atoms with Crippen LogP contribution in [0.4, 0.5) is 0 Å². The Balaban J connectivity index is 0.000000122. The van der Waals surface area contributed by atoms with Gasteiger partial charge in [-0.1, -0.05) is 574 Å². The van der Waals surface area contributed by atoms with Gasteiger partial charge in [-0.2, -0.15) is 0 Å². The van der Waals surface area contributed by atoms with Gasteiger partial charge in [0.15, 0.2) is 0 Å². The molecule has 0 aliphatic rings. The van der Waals surface area contributed by atoms with Crippen molar-refractivity contribution in [3.05, 3.63) is 627 Å². The van der Waals surface area contributed by atoms with E-state index < -0.39 is 0 Å². The van der Waals surface area contributed by atoms with Crippen molar-refractivity contribution in [3.63, 3.8) is 0 Å². The molecular formula is C140H120. The second kappa shape index (κ2) is 51.0. The molecule has 0 N–H and O–H groups in total. The summed E-state index contributed by atoms with van der Waals surface area (Å²) in [5, 5.41) is 0. The predicted octanol–water partition coefficient (Wildman–Crippen LogP) is 39.3. The maximum atomic E-state index is 2.29. The van der Waals surface area contributed by atoms with E-state index in [9.17, 15) is 0 Å². The Morgan fingerprint density at radius 2 is 0.271 bits per heavy atom. The minimum atomic E-state index is 1.24. The van der Waals surface area contributed by atoms with Crippen LogP contribution in [0.15, 0.2) is 582 Å². The highest BCUT2D eigenvalue weighted by Crippen LogP contribution is 2.38. The van der Waals surface area contributed by atoms with E-state index in [-0.39, 0.29) is 0 Å². The SMILES string of the molecule is Cc1cc(-c2ccccc2)cc(-c2ccccc2)c1.Cc1ccc(-c2ccccc2)c(-c2ccccc2)c1.Cc1ccc(-c2ccccc2)cc1.Cc1ccc(-c2ccccc2)cc1-c1ccccc1.Cc1cccc(-c2cc(-c3ccccc3)cc(-c3ccccc3)c2)c1.Cc1cccc(-c2cccc(-c3ccccc3)c2)c1.Cc1cccc(-c2ccccc2)c1.Cc1ccccc1-c1ccccc1. The van der Waals surface area contributed by atoms with Gasteiger partial charge in [-0.3, -0.25) is 0 Å². The average Bonchev–Trinajstić information content (AvgIpc) is 0.788. The van der Waals surface area contributed by atoms with Crippen molar-refractivity contribution in [2.75, 3.05) is 0 Å². The molecule has 0 aliphatic carbocycles. The second-order valence-electron chi connectivity index (χ2n) is 35.2. The molecule has 22 rings (SSSR count). The summed E-state index contributed by atoms with van der Waals surface area (Å²) in [6, 6.07) is 205. The number of benzene rings is 22.